The lowest BCUT2D eigenvalue weighted by molar-refractivity contribution is -0.137. The molecule has 1 fully saturated rings. The minimum atomic E-state index is -4.74. The van der Waals surface area contributed by atoms with Gasteiger partial charge in [-0.05, 0) is 48.7 Å². The third-order valence-electron chi connectivity index (χ3n) is 5.24. The average Bonchev–Trinajstić information content (AvgIpc) is 2.71. The van der Waals surface area contributed by atoms with Gasteiger partial charge in [-0.25, -0.2) is 8.78 Å². The molecule has 1 saturated heterocycles. The number of alkyl halides is 5. The zero-order valence-electron chi connectivity index (χ0n) is 16.6. The zero-order valence-corrected chi connectivity index (χ0v) is 16.6. The maximum Gasteiger partial charge on any atom is 0.416 e. The molecule has 1 aliphatic rings. The number of amides is 1. The van der Waals surface area contributed by atoms with Gasteiger partial charge in [0.1, 0.15) is 0 Å². The first kappa shape index (κ1) is 23.1. The summed E-state index contributed by atoms with van der Waals surface area (Å²) in [6, 6.07) is 11.2. The first-order chi connectivity index (χ1) is 14.6. The Balaban J connectivity index is 1.85. The minimum Gasteiger partial charge on any atom is -0.372 e. The summed E-state index contributed by atoms with van der Waals surface area (Å²) in [7, 11) is 0. The van der Waals surface area contributed by atoms with Gasteiger partial charge in [0.05, 0.1) is 30.9 Å². The van der Waals surface area contributed by atoms with Crippen LogP contribution in [0.2, 0.25) is 0 Å². The topological polar surface area (TPSA) is 55.6 Å². The summed E-state index contributed by atoms with van der Waals surface area (Å²) in [6.07, 6.45) is -6.91. The standard InChI is InChI=1S/C22H23F5N2O2/c23-21(24)16-9-14(10-17(11-16)22(25,26)27)13-31-18-7-4-8-29(12-19(28)30)20(18)15-5-2-1-3-6-15/h1-3,5-6,9-11,18,20-21H,4,7-8,12-13H2,(H2,28,30)/t18-,20-/m0/s1. The van der Waals surface area contributed by atoms with Crippen molar-refractivity contribution in [2.45, 2.75) is 44.2 Å². The number of hydrogen-bond donors (Lipinski definition) is 1. The van der Waals surface area contributed by atoms with E-state index in [2.05, 4.69) is 0 Å². The first-order valence-corrected chi connectivity index (χ1v) is 9.83. The van der Waals surface area contributed by atoms with Crippen LogP contribution in [-0.2, 0) is 22.3 Å². The number of carbonyl (C=O) groups is 1. The molecule has 2 N–H and O–H groups in total. The van der Waals surface area contributed by atoms with Crippen molar-refractivity contribution in [2.24, 2.45) is 5.73 Å². The van der Waals surface area contributed by atoms with E-state index in [9.17, 15) is 26.7 Å². The van der Waals surface area contributed by atoms with E-state index in [4.69, 9.17) is 10.5 Å². The molecule has 2 aromatic carbocycles. The third kappa shape index (κ3) is 6.01. The lowest BCUT2D eigenvalue weighted by Crippen LogP contribution is -2.46. The summed E-state index contributed by atoms with van der Waals surface area (Å²) in [6.45, 7) is 0.363. The van der Waals surface area contributed by atoms with E-state index in [0.29, 0.717) is 25.5 Å². The predicted octanol–water partition coefficient (Wildman–Crippen LogP) is 4.85. The number of likely N-dealkylation sites (tertiary alicyclic amines) is 1. The van der Waals surface area contributed by atoms with Crippen molar-refractivity contribution in [2.75, 3.05) is 13.1 Å². The number of nitrogens with two attached hydrogens (primary N) is 1. The van der Waals surface area contributed by atoms with Crippen LogP contribution in [0.25, 0.3) is 0 Å². The number of ether oxygens (including phenoxy) is 1. The molecule has 0 bridgehead atoms. The number of nitrogens with zero attached hydrogens (tertiary/aromatic N) is 1. The molecule has 4 nitrogen and oxygen atoms in total. The van der Waals surface area contributed by atoms with Crippen LogP contribution in [0.15, 0.2) is 48.5 Å². The van der Waals surface area contributed by atoms with Crippen LogP contribution in [0.1, 0.15) is 47.6 Å². The summed E-state index contributed by atoms with van der Waals surface area (Å²) in [5.41, 5.74) is 4.44. The second-order valence-corrected chi connectivity index (χ2v) is 7.55. The van der Waals surface area contributed by atoms with Crippen molar-refractivity contribution in [3.05, 3.63) is 70.8 Å². The lowest BCUT2D eigenvalue weighted by atomic mass is 9.92. The minimum absolute atomic E-state index is 0.0124. The molecule has 31 heavy (non-hydrogen) atoms. The van der Waals surface area contributed by atoms with Gasteiger partial charge in [0.2, 0.25) is 5.91 Å². The molecule has 0 aliphatic carbocycles. The fraction of sp³-hybridized carbons (Fsp3) is 0.409. The molecule has 9 heteroatoms. The number of benzene rings is 2. The number of hydrogen-bond acceptors (Lipinski definition) is 3. The zero-order chi connectivity index (χ0) is 22.6. The molecule has 168 valence electrons. The van der Waals surface area contributed by atoms with Crippen molar-refractivity contribution in [3.63, 3.8) is 0 Å². The Morgan fingerprint density at radius 1 is 1.16 bits per heavy atom. The van der Waals surface area contributed by atoms with Gasteiger partial charge in [0.25, 0.3) is 6.43 Å². The van der Waals surface area contributed by atoms with Gasteiger partial charge in [-0.2, -0.15) is 13.2 Å². The van der Waals surface area contributed by atoms with Gasteiger partial charge in [-0.15, -0.1) is 0 Å². The van der Waals surface area contributed by atoms with E-state index >= 15 is 0 Å². The third-order valence-corrected chi connectivity index (χ3v) is 5.24. The fourth-order valence-electron chi connectivity index (χ4n) is 3.95. The van der Waals surface area contributed by atoms with Gasteiger partial charge < -0.3 is 10.5 Å². The van der Waals surface area contributed by atoms with Crippen molar-refractivity contribution < 1.29 is 31.5 Å². The Labute approximate surface area is 176 Å². The second kappa shape index (κ2) is 9.74. The average molecular weight is 442 g/mol. The van der Waals surface area contributed by atoms with E-state index in [1.165, 1.54) is 0 Å². The van der Waals surface area contributed by atoms with Crippen LogP contribution >= 0.6 is 0 Å². The highest BCUT2D eigenvalue weighted by atomic mass is 19.4. The number of piperidine rings is 1. The molecule has 2 aromatic rings. The van der Waals surface area contributed by atoms with Gasteiger partial charge in [0, 0.05) is 5.56 Å². The molecule has 1 amide bonds. The van der Waals surface area contributed by atoms with Crippen LogP contribution < -0.4 is 5.73 Å². The van der Waals surface area contributed by atoms with Crippen LogP contribution in [0.4, 0.5) is 22.0 Å². The van der Waals surface area contributed by atoms with Gasteiger partial charge >= 0.3 is 6.18 Å². The molecule has 3 rings (SSSR count). The van der Waals surface area contributed by atoms with Crippen LogP contribution in [0.3, 0.4) is 0 Å². The fourth-order valence-corrected chi connectivity index (χ4v) is 3.95. The molecule has 0 aromatic heterocycles. The highest BCUT2D eigenvalue weighted by Crippen LogP contribution is 2.36. The normalized spacial score (nSPS) is 20.2. The van der Waals surface area contributed by atoms with Crippen molar-refractivity contribution in [1.82, 2.24) is 4.90 Å². The number of carbonyl (C=O) groups excluding carboxylic acids is 1. The molecule has 1 aliphatic heterocycles. The van der Waals surface area contributed by atoms with Gasteiger partial charge in [-0.3, -0.25) is 9.69 Å². The molecule has 0 saturated carbocycles. The molecule has 0 radical (unpaired) electrons. The summed E-state index contributed by atoms with van der Waals surface area (Å²) in [5, 5.41) is 0. The number of primary amides is 1. The van der Waals surface area contributed by atoms with Crippen molar-refractivity contribution >= 4 is 5.91 Å². The van der Waals surface area contributed by atoms with E-state index in [0.717, 1.165) is 17.7 Å². The molecule has 1 heterocycles. The van der Waals surface area contributed by atoms with E-state index < -0.39 is 35.7 Å². The van der Waals surface area contributed by atoms with Crippen molar-refractivity contribution in [3.8, 4) is 0 Å². The first-order valence-electron chi connectivity index (χ1n) is 9.83. The Hall–Kier alpha value is -2.52. The van der Waals surface area contributed by atoms with Crippen LogP contribution in [-0.4, -0.2) is 30.0 Å². The molecular weight excluding hydrogens is 419 g/mol. The van der Waals surface area contributed by atoms with E-state index in [1.54, 1.807) is 0 Å². The van der Waals surface area contributed by atoms with Crippen LogP contribution in [0.5, 0.6) is 0 Å². The molecule has 0 unspecified atom stereocenters. The highest BCUT2D eigenvalue weighted by Gasteiger charge is 2.35. The second-order valence-electron chi connectivity index (χ2n) is 7.55. The number of halogens is 5. The van der Waals surface area contributed by atoms with Crippen molar-refractivity contribution in [1.29, 1.82) is 0 Å². The van der Waals surface area contributed by atoms with E-state index in [-0.39, 0.29) is 24.8 Å². The molecule has 0 spiro atoms. The van der Waals surface area contributed by atoms with Gasteiger partial charge in [-0.1, -0.05) is 30.3 Å². The SMILES string of the molecule is NC(=O)CN1CCC[C@H](OCc2cc(C(F)F)cc(C(F)(F)F)c2)[C@@H]1c1ccccc1. The Bertz CT molecular complexity index is 889. The molecular formula is C22H23F5N2O2. The smallest absolute Gasteiger partial charge is 0.372 e. The predicted molar refractivity (Wildman–Crippen MR) is 104 cm³/mol. The highest BCUT2D eigenvalue weighted by molar-refractivity contribution is 5.76. The Morgan fingerprint density at radius 3 is 2.48 bits per heavy atom. The van der Waals surface area contributed by atoms with Crippen LogP contribution in [0, 0.1) is 0 Å². The van der Waals surface area contributed by atoms with E-state index in [1.807, 2.05) is 35.2 Å². The number of rotatable bonds is 7. The summed E-state index contributed by atoms with van der Waals surface area (Å²) in [5.74, 6) is -0.499. The monoisotopic (exact) mass is 442 g/mol. The summed E-state index contributed by atoms with van der Waals surface area (Å²) >= 11 is 0. The van der Waals surface area contributed by atoms with Gasteiger partial charge in [0.15, 0.2) is 0 Å². The summed E-state index contributed by atoms with van der Waals surface area (Å²) < 4.78 is 71.5. The maximum atomic E-state index is 13.1. The lowest BCUT2D eigenvalue weighted by Gasteiger charge is -2.41. The largest absolute Gasteiger partial charge is 0.416 e. The Morgan fingerprint density at radius 2 is 1.87 bits per heavy atom. The quantitative estimate of drug-likeness (QED) is 0.624. The molecule has 2 atom stereocenters. The summed E-state index contributed by atoms with van der Waals surface area (Å²) in [4.78, 5) is 13.4. The maximum absolute atomic E-state index is 13.1. The Kier molecular flexibility index (Phi) is 7.27.